The zero-order valence-corrected chi connectivity index (χ0v) is 17.0. The number of hydrogen-bond donors (Lipinski definition) is 0. The molecule has 0 aliphatic carbocycles. The average molecular weight is 397 g/mol. The quantitative estimate of drug-likeness (QED) is 0.591. The van der Waals surface area contributed by atoms with Crippen LogP contribution in [0.2, 0.25) is 0 Å². The number of benzene rings is 1. The molecule has 146 valence electrons. The molecule has 2 fully saturated rings. The van der Waals surface area contributed by atoms with E-state index in [0.29, 0.717) is 17.4 Å². The summed E-state index contributed by atoms with van der Waals surface area (Å²) in [5, 5.41) is 1.50. The number of nitrogens with zero attached hydrogens (tertiary/aromatic N) is 4. The summed E-state index contributed by atoms with van der Waals surface area (Å²) in [5.41, 5.74) is 2.44. The molecule has 0 N–H and O–H groups in total. The number of thiocarbonyl (C=S) groups is 1. The number of para-hydroxylation sites is 1. The first-order valence-corrected chi connectivity index (χ1v) is 10.0. The number of amides is 2. The second-order valence-electron chi connectivity index (χ2n) is 7.41. The van der Waals surface area contributed by atoms with Crippen molar-refractivity contribution >= 4 is 46.1 Å². The van der Waals surface area contributed by atoms with E-state index >= 15 is 0 Å². The van der Waals surface area contributed by atoms with E-state index < -0.39 is 0 Å². The maximum absolute atomic E-state index is 12.8. The van der Waals surface area contributed by atoms with Crippen LogP contribution in [-0.2, 0) is 16.1 Å². The van der Waals surface area contributed by atoms with Crippen molar-refractivity contribution in [2.75, 3.05) is 27.2 Å². The Morgan fingerprint density at radius 3 is 2.50 bits per heavy atom. The van der Waals surface area contributed by atoms with Crippen molar-refractivity contribution in [3.8, 4) is 0 Å². The Morgan fingerprint density at radius 1 is 1.11 bits per heavy atom. The van der Waals surface area contributed by atoms with Gasteiger partial charge in [0.15, 0.2) is 5.11 Å². The van der Waals surface area contributed by atoms with Crippen molar-refractivity contribution in [1.29, 1.82) is 0 Å². The lowest BCUT2D eigenvalue weighted by atomic mass is 10.1. The molecule has 6 nitrogen and oxygen atoms in total. The smallest absolute Gasteiger partial charge is 0.276 e. The zero-order valence-electron chi connectivity index (χ0n) is 16.2. The highest BCUT2D eigenvalue weighted by Gasteiger charge is 2.33. The van der Waals surface area contributed by atoms with Gasteiger partial charge in [-0.1, -0.05) is 18.2 Å². The maximum Gasteiger partial charge on any atom is 0.276 e. The average Bonchev–Trinajstić information content (AvgIpc) is 3.15. The van der Waals surface area contributed by atoms with E-state index in [1.165, 1.54) is 11.3 Å². The molecule has 0 unspecified atom stereocenters. The van der Waals surface area contributed by atoms with Gasteiger partial charge in [-0.25, -0.2) is 0 Å². The summed E-state index contributed by atoms with van der Waals surface area (Å²) in [7, 11) is 3.48. The molecule has 0 radical (unpaired) electrons. The minimum Gasteiger partial charge on any atom is -0.341 e. The molecule has 0 spiro atoms. The van der Waals surface area contributed by atoms with E-state index in [1.54, 1.807) is 19.0 Å². The van der Waals surface area contributed by atoms with Crippen molar-refractivity contribution < 1.29 is 9.59 Å². The first-order valence-electron chi connectivity index (χ1n) is 9.60. The molecule has 0 atom stereocenters. The van der Waals surface area contributed by atoms with Crippen molar-refractivity contribution in [3.05, 3.63) is 41.7 Å². The van der Waals surface area contributed by atoms with Gasteiger partial charge in [-0.05, 0) is 43.6 Å². The molecule has 1 aromatic heterocycles. The molecule has 1 aromatic carbocycles. The summed E-state index contributed by atoms with van der Waals surface area (Å²) in [6.07, 6.45) is 7.19. The molecule has 2 amide bonds. The Morgan fingerprint density at radius 2 is 1.82 bits per heavy atom. The molecule has 7 heteroatoms. The summed E-state index contributed by atoms with van der Waals surface area (Å²) in [4.78, 5) is 30.4. The predicted molar refractivity (Wildman–Crippen MR) is 113 cm³/mol. The molecular weight excluding hydrogens is 372 g/mol. The van der Waals surface area contributed by atoms with E-state index in [4.69, 9.17) is 12.2 Å². The van der Waals surface area contributed by atoms with Gasteiger partial charge in [0.2, 0.25) is 5.91 Å². The Bertz CT molecular complexity index is 987. The standard InChI is InChI=1S/C21H24N4O2S/c1-22-18(20(27)23(2)21(22)28)12-15-13-25(17-9-5-4-8-16(15)17)14-19(26)24-10-6-3-7-11-24/h4-5,8-9,12-13H,3,6-7,10-11,14H2,1-2H3/b18-12-. The van der Waals surface area contributed by atoms with Gasteiger partial charge in [0, 0.05) is 49.8 Å². The number of aromatic nitrogens is 1. The predicted octanol–water partition coefficient (Wildman–Crippen LogP) is 2.68. The zero-order chi connectivity index (χ0) is 19.8. The van der Waals surface area contributed by atoms with Crippen LogP contribution in [0.4, 0.5) is 0 Å². The third kappa shape index (κ3) is 3.20. The fourth-order valence-electron chi connectivity index (χ4n) is 3.95. The fourth-order valence-corrected chi connectivity index (χ4v) is 4.13. The van der Waals surface area contributed by atoms with Crippen molar-refractivity contribution in [3.63, 3.8) is 0 Å². The Labute approximate surface area is 170 Å². The summed E-state index contributed by atoms with van der Waals surface area (Å²) in [5.74, 6) is 0.0309. The van der Waals surface area contributed by atoms with E-state index in [2.05, 4.69) is 0 Å². The second-order valence-corrected chi connectivity index (χ2v) is 7.77. The van der Waals surface area contributed by atoms with E-state index in [0.717, 1.165) is 42.4 Å². The lowest BCUT2D eigenvalue weighted by Gasteiger charge is -2.27. The van der Waals surface area contributed by atoms with E-state index in [9.17, 15) is 9.59 Å². The summed E-state index contributed by atoms with van der Waals surface area (Å²) >= 11 is 5.30. The number of piperidine rings is 1. The number of carbonyl (C=O) groups excluding carboxylic acids is 2. The van der Waals surface area contributed by atoms with Crippen molar-refractivity contribution in [2.45, 2.75) is 25.8 Å². The highest BCUT2D eigenvalue weighted by atomic mass is 32.1. The highest BCUT2D eigenvalue weighted by molar-refractivity contribution is 7.80. The number of likely N-dealkylation sites (tertiary alicyclic amines) is 1. The molecule has 0 saturated carbocycles. The lowest BCUT2D eigenvalue weighted by Crippen LogP contribution is -2.37. The van der Waals surface area contributed by atoms with Crippen LogP contribution in [0, 0.1) is 0 Å². The molecule has 2 aliphatic heterocycles. The van der Waals surface area contributed by atoms with Gasteiger partial charge in [-0.3, -0.25) is 14.5 Å². The van der Waals surface area contributed by atoms with Gasteiger partial charge in [-0.2, -0.15) is 0 Å². The number of rotatable bonds is 3. The highest BCUT2D eigenvalue weighted by Crippen LogP contribution is 2.27. The lowest BCUT2D eigenvalue weighted by molar-refractivity contribution is -0.132. The first-order chi connectivity index (χ1) is 13.5. The number of likely N-dealkylation sites (N-methyl/N-ethyl adjacent to an activating group) is 2. The van der Waals surface area contributed by atoms with Crippen LogP contribution in [0.1, 0.15) is 24.8 Å². The van der Waals surface area contributed by atoms with Crippen LogP contribution in [0.25, 0.3) is 17.0 Å². The molecule has 3 heterocycles. The minimum atomic E-state index is -0.117. The molecule has 0 bridgehead atoms. The van der Waals surface area contributed by atoms with Gasteiger partial charge >= 0.3 is 0 Å². The number of hydrogen-bond acceptors (Lipinski definition) is 3. The molecule has 4 rings (SSSR count). The van der Waals surface area contributed by atoms with Gasteiger partial charge in [-0.15, -0.1) is 0 Å². The van der Waals surface area contributed by atoms with Gasteiger partial charge in [0.1, 0.15) is 12.2 Å². The molecule has 2 saturated heterocycles. The largest absolute Gasteiger partial charge is 0.341 e. The Kier molecular flexibility index (Phi) is 4.93. The van der Waals surface area contributed by atoms with E-state index in [1.807, 2.05) is 46.0 Å². The summed E-state index contributed by atoms with van der Waals surface area (Å²) in [6, 6.07) is 7.97. The second kappa shape index (κ2) is 7.39. The third-order valence-electron chi connectivity index (χ3n) is 5.58. The molecule has 2 aromatic rings. The van der Waals surface area contributed by atoms with Crippen molar-refractivity contribution in [1.82, 2.24) is 19.3 Å². The van der Waals surface area contributed by atoms with Crippen LogP contribution in [0.5, 0.6) is 0 Å². The van der Waals surface area contributed by atoms with Gasteiger partial charge < -0.3 is 14.4 Å². The minimum absolute atomic E-state index is 0.117. The fraction of sp³-hybridized carbons (Fsp3) is 0.381. The monoisotopic (exact) mass is 396 g/mol. The first kappa shape index (κ1) is 18.7. The summed E-state index contributed by atoms with van der Waals surface area (Å²) in [6.45, 7) is 2.00. The topological polar surface area (TPSA) is 48.8 Å². The molecule has 2 aliphatic rings. The molecular formula is C21H24N4O2S. The van der Waals surface area contributed by atoms with Crippen LogP contribution < -0.4 is 0 Å². The normalized spacial score (nSPS) is 19.4. The van der Waals surface area contributed by atoms with Crippen LogP contribution in [-0.4, -0.2) is 63.4 Å². The Balaban J connectivity index is 1.69. The summed E-state index contributed by atoms with van der Waals surface area (Å²) < 4.78 is 1.99. The SMILES string of the molecule is CN1C(=O)/C(=C/c2cn(CC(=O)N3CCCCC3)c3ccccc23)N(C)C1=S. The number of carbonyl (C=O) groups is 2. The third-order valence-corrected chi connectivity index (χ3v) is 6.13. The Hall–Kier alpha value is -2.67. The van der Waals surface area contributed by atoms with E-state index in [-0.39, 0.29) is 11.8 Å². The number of fused-ring (bicyclic) bond motifs is 1. The maximum atomic E-state index is 12.8. The van der Waals surface area contributed by atoms with Gasteiger partial charge in [0.05, 0.1) is 0 Å². The molecule has 28 heavy (non-hydrogen) atoms. The van der Waals surface area contributed by atoms with Gasteiger partial charge in [0.25, 0.3) is 5.91 Å². The van der Waals surface area contributed by atoms with Crippen LogP contribution in [0.3, 0.4) is 0 Å². The van der Waals surface area contributed by atoms with Crippen molar-refractivity contribution in [2.24, 2.45) is 0 Å². The van der Waals surface area contributed by atoms with Crippen LogP contribution >= 0.6 is 12.2 Å². The van der Waals surface area contributed by atoms with Crippen LogP contribution in [0.15, 0.2) is 36.2 Å².